The van der Waals surface area contributed by atoms with Gasteiger partial charge in [0.15, 0.2) is 0 Å². The van der Waals surface area contributed by atoms with Gasteiger partial charge in [-0.15, -0.1) is 0 Å². The Labute approximate surface area is 64.4 Å². The molecule has 3 atom stereocenters. The first-order valence-corrected chi connectivity index (χ1v) is 4.30. The second-order valence-corrected chi connectivity index (χ2v) is 3.96. The number of hydrogen-bond donors (Lipinski definition) is 1. The van der Waals surface area contributed by atoms with Crippen LogP contribution in [0.4, 0.5) is 0 Å². The van der Waals surface area contributed by atoms with Crippen molar-refractivity contribution < 1.29 is 0 Å². The van der Waals surface area contributed by atoms with Gasteiger partial charge in [0.05, 0.1) is 0 Å². The molecule has 3 unspecified atom stereocenters. The lowest BCUT2D eigenvalue weighted by molar-refractivity contribution is 0.674. The van der Waals surface area contributed by atoms with Crippen LogP contribution in [-0.4, -0.2) is 17.5 Å². The van der Waals surface area contributed by atoms with Crippen molar-refractivity contribution in [3.05, 3.63) is 0 Å². The molecule has 48 valence electrons. The fourth-order valence-electron chi connectivity index (χ4n) is 1.03. The molecule has 0 heterocycles. The molecule has 1 saturated carbocycles. The quantitative estimate of drug-likeness (QED) is 0.551. The molecule has 0 aromatic carbocycles. The molecule has 1 fully saturated rings. The molecule has 1 aliphatic rings. The van der Waals surface area contributed by atoms with E-state index in [1.54, 1.807) is 0 Å². The van der Waals surface area contributed by atoms with Crippen LogP contribution in [0.15, 0.2) is 0 Å². The van der Waals surface area contributed by atoms with Crippen LogP contribution in [0.5, 0.6) is 0 Å². The molecule has 0 aliphatic heterocycles. The van der Waals surface area contributed by atoms with Crippen LogP contribution >= 0.6 is 22.6 Å². The Morgan fingerprint density at radius 2 is 2.12 bits per heavy atom. The summed E-state index contributed by atoms with van der Waals surface area (Å²) < 4.78 is 0.944. The van der Waals surface area contributed by atoms with E-state index < -0.39 is 0 Å². The molecule has 0 radical (unpaired) electrons. The molecule has 0 saturated heterocycles. The van der Waals surface area contributed by atoms with E-state index in [0.29, 0.717) is 0 Å². The van der Waals surface area contributed by atoms with Gasteiger partial charge in [-0.2, -0.15) is 0 Å². The summed E-state index contributed by atoms with van der Waals surface area (Å²) in [6, 6.07) is 0. The summed E-state index contributed by atoms with van der Waals surface area (Å²) in [6.07, 6.45) is 0. The van der Waals surface area contributed by atoms with Gasteiger partial charge < -0.3 is 5.32 Å². The highest BCUT2D eigenvalue weighted by Crippen LogP contribution is 2.44. The Morgan fingerprint density at radius 3 is 2.25 bits per heavy atom. The van der Waals surface area contributed by atoms with E-state index in [-0.39, 0.29) is 0 Å². The highest BCUT2D eigenvalue weighted by atomic mass is 127. The van der Waals surface area contributed by atoms with Crippen LogP contribution in [-0.2, 0) is 0 Å². The van der Waals surface area contributed by atoms with Gasteiger partial charge >= 0.3 is 0 Å². The summed E-state index contributed by atoms with van der Waals surface area (Å²) in [5, 5.41) is 3.19. The Balaban J connectivity index is 2.13. The normalized spacial score (nSPS) is 44.6. The lowest BCUT2D eigenvalue weighted by atomic mass is 10.3. The first kappa shape index (κ1) is 6.81. The fraction of sp³-hybridized carbons (Fsp3) is 1.00. The van der Waals surface area contributed by atoms with Crippen molar-refractivity contribution in [2.75, 3.05) is 13.6 Å². The number of rotatable bonds is 2. The van der Waals surface area contributed by atoms with Crippen molar-refractivity contribution in [2.24, 2.45) is 11.8 Å². The highest BCUT2D eigenvalue weighted by molar-refractivity contribution is 14.1. The molecule has 2 heteroatoms. The maximum absolute atomic E-state index is 3.19. The third kappa shape index (κ3) is 1.16. The highest BCUT2D eigenvalue weighted by Gasteiger charge is 2.43. The van der Waals surface area contributed by atoms with Crippen molar-refractivity contribution in [2.45, 2.75) is 10.8 Å². The van der Waals surface area contributed by atoms with Crippen molar-refractivity contribution in [3.8, 4) is 0 Å². The average molecular weight is 225 g/mol. The number of halogens is 1. The Morgan fingerprint density at radius 1 is 1.62 bits per heavy atom. The molecule has 0 aromatic rings. The van der Waals surface area contributed by atoms with Gasteiger partial charge in [-0.3, -0.25) is 0 Å². The minimum absolute atomic E-state index is 0.944. The summed E-state index contributed by atoms with van der Waals surface area (Å²) in [4.78, 5) is 0. The first-order valence-electron chi connectivity index (χ1n) is 3.06. The molecule has 8 heavy (non-hydrogen) atoms. The largest absolute Gasteiger partial charge is 0.319 e. The molecule has 0 bridgehead atoms. The van der Waals surface area contributed by atoms with Gasteiger partial charge in [0.2, 0.25) is 0 Å². The molecule has 0 amide bonds. The molecule has 1 nitrogen and oxygen atoms in total. The van der Waals surface area contributed by atoms with E-state index in [2.05, 4.69) is 34.8 Å². The second kappa shape index (κ2) is 2.52. The lowest BCUT2D eigenvalue weighted by Crippen LogP contribution is -2.10. The van der Waals surface area contributed by atoms with E-state index in [0.717, 1.165) is 15.8 Å². The zero-order valence-corrected chi connectivity index (χ0v) is 7.47. The summed E-state index contributed by atoms with van der Waals surface area (Å²) in [5.41, 5.74) is 0. The predicted molar refractivity (Wildman–Crippen MR) is 44.4 cm³/mol. The van der Waals surface area contributed by atoms with Gasteiger partial charge in [-0.05, 0) is 25.4 Å². The van der Waals surface area contributed by atoms with Gasteiger partial charge in [0.25, 0.3) is 0 Å². The van der Waals surface area contributed by atoms with Crippen molar-refractivity contribution in [1.82, 2.24) is 5.32 Å². The fourth-order valence-corrected chi connectivity index (χ4v) is 2.23. The predicted octanol–water partition coefficient (Wildman–Crippen LogP) is 1.28. The number of nitrogens with one attached hydrogen (secondary N) is 1. The van der Waals surface area contributed by atoms with Crippen LogP contribution in [0.1, 0.15) is 6.92 Å². The Kier molecular flexibility index (Phi) is 2.14. The molecule has 0 spiro atoms. The maximum Gasteiger partial charge on any atom is 0.0182 e. The van der Waals surface area contributed by atoms with Gasteiger partial charge in [-0.1, -0.05) is 29.5 Å². The van der Waals surface area contributed by atoms with Gasteiger partial charge in [0.1, 0.15) is 0 Å². The van der Waals surface area contributed by atoms with Crippen LogP contribution in [0, 0.1) is 11.8 Å². The smallest absolute Gasteiger partial charge is 0.0182 e. The van der Waals surface area contributed by atoms with Crippen molar-refractivity contribution in [3.63, 3.8) is 0 Å². The molecule has 0 aromatic heterocycles. The standard InChI is InChI=1S/C6H12IN/c1-4-5(3-8-2)6(4)7/h4-6,8H,3H2,1-2H3. The zero-order chi connectivity index (χ0) is 6.15. The third-order valence-corrected chi connectivity index (χ3v) is 3.94. The van der Waals surface area contributed by atoms with Crippen molar-refractivity contribution in [1.29, 1.82) is 0 Å². The molecular weight excluding hydrogens is 213 g/mol. The van der Waals surface area contributed by atoms with Gasteiger partial charge in [-0.25, -0.2) is 0 Å². The molecular formula is C6H12IN. The summed E-state index contributed by atoms with van der Waals surface area (Å²) in [5.74, 6) is 1.92. The van der Waals surface area contributed by atoms with Gasteiger partial charge in [0, 0.05) is 3.92 Å². The summed E-state index contributed by atoms with van der Waals surface area (Å²) in [6.45, 7) is 3.52. The molecule has 1 rings (SSSR count). The monoisotopic (exact) mass is 225 g/mol. The van der Waals surface area contributed by atoms with Crippen LogP contribution in [0.2, 0.25) is 0 Å². The van der Waals surface area contributed by atoms with Crippen LogP contribution < -0.4 is 5.32 Å². The van der Waals surface area contributed by atoms with E-state index in [9.17, 15) is 0 Å². The Bertz CT molecular complexity index is 76.6. The van der Waals surface area contributed by atoms with E-state index in [4.69, 9.17) is 0 Å². The number of alkyl halides is 1. The maximum atomic E-state index is 3.19. The van der Waals surface area contributed by atoms with Crippen LogP contribution in [0.3, 0.4) is 0 Å². The lowest BCUT2D eigenvalue weighted by Gasteiger charge is -1.90. The van der Waals surface area contributed by atoms with E-state index >= 15 is 0 Å². The van der Waals surface area contributed by atoms with E-state index in [1.807, 2.05) is 7.05 Å². The number of hydrogen-bond acceptors (Lipinski definition) is 1. The minimum atomic E-state index is 0.944. The topological polar surface area (TPSA) is 12.0 Å². The second-order valence-electron chi connectivity index (χ2n) is 2.53. The Hall–Kier alpha value is 0.690. The first-order chi connectivity index (χ1) is 3.77. The summed E-state index contributed by atoms with van der Waals surface area (Å²) >= 11 is 2.53. The minimum Gasteiger partial charge on any atom is -0.319 e. The van der Waals surface area contributed by atoms with E-state index in [1.165, 1.54) is 6.54 Å². The van der Waals surface area contributed by atoms with Crippen LogP contribution in [0.25, 0.3) is 0 Å². The average Bonchev–Trinajstić information content (AvgIpc) is 2.25. The SMILES string of the molecule is CNCC1C(C)C1I. The molecule has 1 N–H and O–H groups in total. The molecule has 1 aliphatic carbocycles. The third-order valence-electron chi connectivity index (χ3n) is 1.89. The summed E-state index contributed by atoms with van der Waals surface area (Å²) in [7, 11) is 2.02. The van der Waals surface area contributed by atoms with Crippen molar-refractivity contribution >= 4 is 22.6 Å². The zero-order valence-electron chi connectivity index (χ0n) is 5.32.